The third-order valence-electron chi connectivity index (χ3n) is 5.54. The van der Waals surface area contributed by atoms with Gasteiger partial charge in [0.05, 0.1) is 0 Å². The van der Waals surface area contributed by atoms with Crippen LogP contribution in [-0.4, -0.2) is 0 Å². The van der Waals surface area contributed by atoms with Gasteiger partial charge in [0, 0.05) is 8.99 Å². The number of hydrogen-bond acceptors (Lipinski definition) is 0. The van der Waals surface area contributed by atoms with Gasteiger partial charge < -0.3 is 0 Å². The van der Waals surface area contributed by atoms with Crippen LogP contribution < -0.4 is 0 Å². The molecule has 22 heavy (non-hydrogen) atoms. The summed E-state index contributed by atoms with van der Waals surface area (Å²) in [5.74, 6) is 1.31. The highest BCUT2D eigenvalue weighted by molar-refractivity contribution is 14.1. The number of hydrogen-bond donors (Lipinski definition) is 0. The topological polar surface area (TPSA) is 0 Å². The Kier molecular flexibility index (Phi) is 3.44. The minimum absolute atomic E-state index is 0.170. The van der Waals surface area contributed by atoms with E-state index in [1.807, 2.05) is 0 Å². The lowest BCUT2D eigenvalue weighted by Crippen LogP contribution is -2.23. The summed E-state index contributed by atoms with van der Waals surface area (Å²) in [5.41, 5.74) is 6.26. The smallest absolute Gasteiger partial charge is 0.0133 e. The van der Waals surface area contributed by atoms with Crippen molar-refractivity contribution >= 4 is 28.2 Å². The SMILES string of the molecule is CC1(C)C2=C(C=CC(C3C=CC=CC3)C2)c2ccc(I)cc21. The quantitative estimate of drug-likeness (QED) is 0.504. The Hall–Kier alpha value is -1.09. The molecule has 2 atom stereocenters. The molecule has 1 aromatic carbocycles. The van der Waals surface area contributed by atoms with E-state index in [0.29, 0.717) is 11.8 Å². The molecule has 112 valence electrons. The Morgan fingerprint density at radius 1 is 1.09 bits per heavy atom. The van der Waals surface area contributed by atoms with E-state index < -0.39 is 0 Å². The summed E-state index contributed by atoms with van der Waals surface area (Å²) >= 11 is 2.43. The van der Waals surface area contributed by atoms with E-state index in [1.54, 1.807) is 5.57 Å². The summed E-state index contributed by atoms with van der Waals surface area (Å²) < 4.78 is 1.34. The lowest BCUT2D eigenvalue weighted by Gasteiger charge is -2.32. The van der Waals surface area contributed by atoms with Gasteiger partial charge in [-0.15, -0.1) is 0 Å². The average Bonchev–Trinajstić information content (AvgIpc) is 2.76. The molecule has 4 rings (SSSR count). The van der Waals surface area contributed by atoms with Crippen LogP contribution in [0.4, 0.5) is 0 Å². The second-order valence-electron chi connectivity index (χ2n) is 7.15. The molecule has 0 saturated heterocycles. The maximum atomic E-state index is 2.45. The van der Waals surface area contributed by atoms with E-state index in [0.717, 1.165) is 0 Å². The first kappa shape index (κ1) is 14.5. The summed E-state index contributed by atoms with van der Waals surface area (Å²) in [6.45, 7) is 4.80. The molecule has 2 unspecified atom stereocenters. The maximum absolute atomic E-state index is 2.45. The van der Waals surface area contributed by atoms with Gasteiger partial charge in [-0.25, -0.2) is 0 Å². The molecule has 0 bridgehead atoms. The predicted molar refractivity (Wildman–Crippen MR) is 103 cm³/mol. The number of halogens is 1. The molecule has 0 aromatic heterocycles. The number of rotatable bonds is 1. The predicted octanol–water partition coefficient (Wildman–Crippen LogP) is 6.04. The summed E-state index contributed by atoms with van der Waals surface area (Å²) in [5, 5.41) is 0. The zero-order valence-corrected chi connectivity index (χ0v) is 15.3. The van der Waals surface area contributed by atoms with Crippen molar-refractivity contribution in [1.29, 1.82) is 0 Å². The van der Waals surface area contributed by atoms with Crippen molar-refractivity contribution in [3.8, 4) is 0 Å². The van der Waals surface area contributed by atoms with E-state index in [4.69, 9.17) is 0 Å². The molecule has 3 aliphatic carbocycles. The molecular formula is C21H21I. The van der Waals surface area contributed by atoms with Gasteiger partial charge in [-0.3, -0.25) is 0 Å². The summed E-state index contributed by atoms with van der Waals surface area (Å²) in [4.78, 5) is 0. The molecule has 3 aliphatic rings. The van der Waals surface area contributed by atoms with Gasteiger partial charge in [0.1, 0.15) is 0 Å². The van der Waals surface area contributed by atoms with Crippen LogP contribution in [0.15, 0.2) is 60.2 Å². The van der Waals surface area contributed by atoms with Crippen LogP contribution in [0.25, 0.3) is 5.57 Å². The minimum atomic E-state index is 0.170. The summed E-state index contributed by atoms with van der Waals surface area (Å²) in [6, 6.07) is 6.93. The maximum Gasteiger partial charge on any atom is 0.0133 e. The Balaban J connectivity index is 1.71. The Morgan fingerprint density at radius 2 is 1.95 bits per heavy atom. The number of fused-ring (bicyclic) bond motifs is 2. The molecule has 0 fully saturated rings. The normalized spacial score (nSPS) is 28.0. The molecule has 0 nitrogen and oxygen atoms in total. The van der Waals surface area contributed by atoms with E-state index in [2.05, 4.69) is 91.1 Å². The lowest BCUT2D eigenvalue weighted by molar-refractivity contribution is 0.444. The van der Waals surface area contributed by atoms with Crippen LogP contribution in [-0.2, 0) is 5.41 Å². The van der Waals surface area contributed by atoms with Crippen molar-refractivity contribution in [2.75, 3.05) is 0 Å². The van der Waals surface area contributed by atoms with Crippen molar-refractivity contribution in [1.82, 2.24) is 0 Å². The molecule has 0 aliphatic heterocycles. The van der Waals surface area contributed by atoms with Crippen molar-refractivity contribution in [2.24, 2.45) is 11.8 Å². The van der Waals surface area contributed by atoms with Crippen molar-refractivity contribution in [3.63, 3.8) is 0 Å². The molecule has 0 spiro atoms. The molecule has 1 heteroatoms. The number of allylic oxidation sites excluding steroid dienone is 8. The third-order valence-corrected chi connectivity index (χ3v) is 6.21. The molecule has 1 aromatic rings. The van der Waals surface area contributed by atoms with E-state index in [9.17, 15) is 0 Å². The van der Waals surface area contributed by atoms with E-state index in [1.165, 1.54) is 33.1 Å². The van der Waals surface area contributed by atoms with Gasteiger partial charge in [-0.1, -0.05) is 61.9 Å². The van der Waals surface area contributed by atoms with E-state index in [-0.39, 0.29) is 5.41 Å². The van der Waals surface area contributed by atoms with Gasteiger partial charge in [0.2, 0.25) is 0 Å². The van der Waals surface area contributed by atoms with Gasteiger partial charge >= 0.3 is 0 Å². The van der Waals surface area contributed by atoms with Crippen molar-refractivity contribution < 1.29 is 0 Å². The highest BCUT2D eigenvalue weighted by Crippen LogP contribution is 2.52. The van der Waals surface area contributed by atoms with Gasteiger partial charge in [-0.2, -0.15) is 0 Å². The van der Waals surface area contributed by atoms with E-state index >= 15 is 0 Å². The lowest BCUT2D eigenvalue weighted by atomic mass is 9.72. The zero-order valence-electron chi connectivity index (χ0n) is 13.1. The van der Waals surface area contributed by atoms with Crippen LogP contribution in [0.1, 0.15) is 37.8 Å². The molecule has 0 heterocycles. The molecule has 0 saturated carbocycles. The molecular weight excluding hydrogens is 379 g/mol. The molecule has 0 N–H and O–H groups in total. The third kappa shape index (κ3) is 2.17. The summed E-state index contributed by atoms with van der Waals surface area (Å²) in [6.07, 6.45) is 16.3. The molecule has 0 amide bonds. The fourth-order valence-corrected chi connectivity index (χ4v) is 4.71. The van der Waals surface area contributed by atoms with Crippen molar-refractivity contribution in [3.05, 3.63) is 74.9 Å². The van der Waals surface area contributed by atoms with Crippen LogP contribution >= 0.6 is 22.6 Å². The fraction of sp³-hybridized carbons (Fsp3) is 0.333. The molecule has 0 radical (unpaired) electrons. The highest BCUT2D eigenvalue weighted by atomic mass is 127. The first-order chi connectivity index (χ1) is 10.6. The summed E-state index contributed by atoms with van der Waals surface area (Å²) in [7, 11) is 0. The Labute approximate surface area is 146 Å². The fourth-order valence-electron chi connectivity index (χ4n) is 4.22. The van der Waals surface area contributed by atoms with Gasteiger partial charge in [0.25, 0.3) is 0 Å². The standard InChI is InChI=1S/C21H21I/c1-21(2)19-12-15(14-6-4-3-5-7-14)8-10-17(19)18-11-9-16(22)13-20(18)21/h3-6,8-11,13-15H,7,12H2,1-2H3. The largest absolute Gasteiger partial charge is 0.0839 e. The van der Waals surface area contributed by atoms with Crippen LogP contribution in [0.3, 0.4) is 0 Å². The van der Waals surface area contributed by atoms with Crippen LogP contribution in [0, 0.1) is 15.4 Å². The zero-order chi connectivity index (χ0) is 15.3. The van der Waals surface area contributed by atoms with Gasteiger partial charge in [0.15, 0.2) is 0 Å². The first-order valence-electron chi connectivity index (χ1n) is 8.13. The average molecular weight is 400 g/mol. The van der Waals surface area contributed by atoms with Crippen molar-refractivity contribution in [2.45, 2.75) is 32.1 Å². The van der Waals surface area contributed by atoms with Gasteiger partial charge in [-0.05, 0) is 76.1 Å². The van der Waals surface area contributed by atoms with Crippen LogP contribution in [0.5, 0.6) is 0 Å². The van der Waals surface area contributed by atoms with Crippen LogP contribution in [0.2, 0.25) is 0 Å². The second-order valence-corrected chi connectivity index (χ2v) is 8.39. The number of benzene rings is 1. The minimum Gasteiger partial charge on any atom is -0.0839 e. The first-order valence-corrected chi connectivity index (χ1v) is 9.21. The Morgan fingerprint density at radius 3 is 2.73 bits per heavy atom. The Bertz CT molecular complexity index is 743. The highest BCUT2D eigenvalue weighted by Gasteiger charge is 2.39. The monoisotopic (exact) mass is 400 g/mol. The second kappa shape index (κ2) is 5.23.